The average Bonchev–Trinajstić information content (AvgIpc) is 3.02. The van der Waals surface area contributed by atoms with E-state index in [-0.39, 0.29) is 5.56 Å². The molecular weight excluding hydrogens is 334 g/mol. The van der Waals surface area contributed by atoms with E-state index >= 15 is 0 Å². The number of rotatable bonds is 4. The minimum atomic E-state index is -2.55. The Morgan fingerprint density at radius 3 is 2.73 bits per heavy atom. The maximum atomic E-state index is 12.7. The molecule has 114 valence electrons. The first-order valence-corrected chi connectivity index (χ1v) is 7.43. The number of hydrogen-bond acceptors (Lipinski definition) is 3. The van der Waals surface area contributed by atoms with Gasteiger partial charge in [-0.25, -0.2) is 13.6 Å². The molecule has 22 heavy (non-hydrogen) atoms. The SMILES string of the molecule is O=C(O)c1ccc2c(c1)c(-c1ccc(Cl)s1)nn2CC(F)F. The number of carbonyl (C=O) groups is 1. The number of aromatic carboxylic acids is 1. The lowest BCUT2D eigenvalue weighted by molar-refractivity contribution is 0.0697. The molecule has 0 aliphatic rings. The molecule has 1 aromatic carbocycles. The Bertz CT molecular complexity index is 860. The monoisotopic (exact) mass is 342 g/mol. The molecule has 0 spiro atoms. The number of alkyl halides is 2. The first kappa shape index (κ1) is 14.9. The van der Waals surface area contributed by atoms with Crippen LogP contribution in [0.25, 0.3) is 21.5 Å². The van der Waals surface area contributed by atoms with Crippen molar-refractivity contribution < 1.29 is 18.7 Å². The molecule has 0 atom stereocenters. The van der Waals surface area contributed by atoms with Crippen molar-refractivity contribution in [2.45, 2.75) is 13.0 Å². The average molecular weight is 343 g/mol. The lowest BCUT2D eigenvalue weighted by atomic mass is 10.1. The minimum absolute atomic E-state index is 0.0769. The minimum Gasteiger partial charge on any atom is -0.478 e. The number of carboxylic acids is 1. The Kier molecular flexibility index (Phi) is 3.84. The number of thiophene rings is 1. The Hall–Kier alpha value is -1.99. The van der Waals surface area contributed by atoms with Crippen molar-refractivity contribution in [3.8, 4) is 10.6 Å². The number of nitrogens with zero attached hydrogens (tertiary/aromatic N) is 2. The highest BCUT2D eigenvalue weighted by atomic mass is 35.5. The number of carboxylic acid groups (broad SMARTS) is 1. The van der Waals surface area contributed by atoms with Crippen molar-refractivity contribution in [2.24, 2.45) is 0 Å². The van der Waals surface area contributed by atoms with Crippen LogP contribution in [0.3, 0.4) is 0 Å². The predicted octanol–water partition coefficient (Wildman–Crippen LogP) is 4.38. The van der Waals surface area contributed by atoms with Gasteiger partial charge in [0.25, 0.3) is 6.43 Å². The number of benzene rings is 1. The van der Waals surface area contributed by atoms with Crippen LogP contribution in [-0.4, -0.2) is 27.3 Å². The van der Waals surface area contributed by atoms with E-state index in [0.717, 1.165) is 0 Å². The molecule has 2 aromatic heterocycles. The molecule has 2 heterocycles. The van der Waals surface area contributed by atoms with E-state index < -0.39 is 18.9 Å². The van der Waals surface area contributed by atoms with E-state index in [0.29, 0.717) is 25.8 Å². The van der Waals surface area contributed by atoms with Gasteiger partial charge in [0.05, 0.1) is 20.3 Å². The standard InChI is InChI=1S/C14H9ClF2N2O2S/c15-11-4-3-10(22-11)13-8-5-7(14(20)21)1-2-9(8)19(18-13)6-12(16)17/h1-5,12H,6H2,(H,20,21). The molecule has 1 N–H and O–H groups in total. The summed E-state index contributed by atoms with van der Waals surface area (Å²) < 4.78 is 27.1. The first-order valence-electron chi connectivity index (χ1n) is 6.23. The van der Waals surface area contributed by atoms with Gasteiger partial charge in [0.2, 0.25) is 0 Å². The zero-order chi connectivity index (χ0) is 15.9. The molecule has 0 unspecified atom stereocenters. The van der Waals surface area contributed by atoms with E-state index in [1.165, 1.54) is 34.2 Å². The fraction of sp³-hybridized carbons (Fsp3) is 0.143. The van der Waals surface area contributed by atoms with Gasteiger partial charge in [0.15, 0.2) is 0 Å². The number of aromatic nitrogens is 2. The van der Waals surface area contributed by atoms with Crippen LogP contribution >= 0.6 is 22.9 Å². The summed E-state index contributed by atoms with van der Waals surface area (Å²) in [5, 5.41) is 13.8. The quantitative estimate of drug-likeness (QED) is 0.765. The second kappa shape index (κ2) is 5.66. The fourth-order valence-electron chi connectivity index (χ4n) is 2.21. The van der Waals surface area contributed by atoms with Gasteiger partial charge in [-0.1, -0.05) is 11.6 Å². The summed E-state index contributed by atoms with van der Waals surface area (Å²) in [5.74, 6) is -1.08. The molecular formula is C14H9ClF2N2O2S. The van der Waals surface area contributed by atoms with Gasteiger partial charge in [-0.05, 0) is 30.3 Å². The highest BCUT2D eigenvalue weighted by Gasteiger charge is 2.18. The summed E-state index contributed by atoms with van der Waals surface area (Å²) in [5.41, 5.74) is 0.994. The highest BCUT2D eigenvalue weighted by molar-refractivity contribution is 7.19. The lowest BCUT2D eigenvalue weighted by Gasteiger charge is -2.02. The molecule has 4 nitrogen and oxygen atoms in total. The zero-order valence-electron chi connectivity index (χ0n) is 11.0. The van der Waals surface area contributed by atoms with E-state index in [2.05, 4.69) is 5.10 Å². The van der Waals surface area contributed by atoms with E-state index in [1.54, 1.807) is 12.1 Å². The Labute approximate surface area is 132 Å². The van der Waals surface area contributed by atoms with Crippen molar-refractivity contribution in [1.29, 1.82) is 0 Å². The van der Waals surface area contributed by atoms with E-state index in [4.69, 9.17) is 16.7 Å². The molecule has 0 saturated heterocycles. The lowest BCUT2D eigenvalue weighted by Crippen LogP contribution is -2.08. The number of halogens is 3. The first-order chi connectivity index (χ1) is 10.5. The van der Waals surface area contributed by atoms with Gasteiger partial charge in [0.1, 0.15) is 12.2 Å². The Morgan fingerprint density at radius 2 is 2.14 bits per heavy atom. The molecule has 8 heteroatoms. The van der Waals surface area contributed by atoms with Crippen LogP contribution in [0.4, 0.5) is 8.78 Å². The summed E-state index contributed by atoms with van der Waals surface area (Å²) in [4.78, 5) is 11.8. The third-order valence-electron chi connectivity index (χ3n) is 3.11. The van der Waals surface area contributed by atoms with Crippen molar-refractivity contribution in [3.63, 3.8) is 0 Å². The van der Waals surface area contributed by atoms with Crippen LogP contribution < -0.4 is 0 Å². The largest absolute Gasteiger partial charge is 0.478 e. The molecule has 0 aliphatic carbocycles. The summed E-state index contributed by atoms with van der Waals surface area (Å²) in [7, 11) is 0. The highest BCUT2D eigenvalue weighted by Crippen LogP contribution is 2.35. The summed E-state index contributed by atoms with van der Waals surface area (Å²) in [6, 6.07) is 7.72. The van der Waals surface area contributed by atoms with E-state index in [1.807, 2.05) is 0 Å². The van der Waals surface area contributed by atoms with Gasteiger partial charge >= 0.3 is 5.97 Å². The Balaban J connectivity index is 2.24. The molecule has 0 aliphatic heterocycles. The van der Waals surface area contributed by atoms with Crippen LogP contribution in [0.1, 0.15) is 10.4 Å². The van der Waals surface area contributed by atoms with Gasteiger partial charge in [-0.3, -0.25) is 4.68 Å². The van der Waals surface area contributed by atoms with Crippen molar-refractivity contribution in [3.05, 3.63) is 40.2 Å². The van der Waals surface area contributed by atoms with Gasteiger partial charge < -0.3 is 5.11 Å². The van der Waals surface area contributed by atoms with Crippen LogP contribution in [0.2, 0.25) is 4.34 Å². The Morgan fingerprint density at radius 1 is 1.36 bits per heavy atom. The smallest absolute Gasteiger partial charge is 0.335 e. The van der Waals surface area contributed by atoms with Crippen LogP contribution in [-0.2, 0) is 6.54 Å². The van der Waals surface area contributed by atoms with Crippen molar-refractivity contribution in [1.82, 2.24) is 9.78 Å². The maximum absolute atomic E-state index is 12.7. The molecule has 0 saturated carbocycles. The van der Waals surface area contributed by atoms with Crippen molar-refractivity contribution >= 4 is 39.8 Å². The summed E-state index contributed by atoms with van der Waals surface area (Å²) in [6.45, 7) is -0.554. The summed E-state index contributed by atoms with van der Waals surface area (Å²) >= 11 is 7.16. The fourth-order valence-corrected chi connectivity index (χ4v) is 3.25. The molecule has 3 aromatic rings. The van der Waals surface area contributed by atoms with Gasteiger partial charge in [0, 0.05) is 5.39 Å². The molecule has 0 amide bonds. The van der Waals surface area contributed by atoms with Crippen LogP contribution in [0, 0.1) is 0 Å². The second-order valence-corrected chi connectivity index (χ2v) is 6.28. The second-order valence-electron chi connectivity index (χ2n) is 4.56. The maximum Gasteiger partial charge on any atom is 0.335 e. The van der Waals surface area contributed by atoms with Gasteiger partial charge in [-0.15, -0.1) is 11.3 Å². The normalized spacial score (nSPS) is 11.5. The molecule has 0 radical (unpaired) electrons. The molecule has 3 rings (SSSR count). The third-order valence-corrected chi connectivity index (χ3v) is 4.35. The topological polar surface area (TPSA) is 55.1 Å². The van der Waals surface area contributed by atoms with Crippen LogP contribution in [0.15, 0.2) is 30.3 Å². The predicted molar refractivity (Wildman–Crippen MR) is 81.0 cm³/mol. The molecule has 0 fully saturated rings. The van der Waals surface area contributed by atoms with Crippen molar-refractivity contribution in [2.75, 3.05) is 0 Å². The summed E-state index contributed by atoms with van der Waals surface area (Å²) in [6.07, 6.45) is -2.55. The number of fused-ring (bicyclic) bond motifs is 1. The third kappa shape index (κ3) is 2.69. The van der Waals surface area contributed by atoms with Gasteiger partial charge in [-0.2, -0.15) is 5.10 Å². The van der Waals surface area contributed by atoms with Crippen LogP contribution in [0.5, 0.6) is 0 Å². The number of hydrogen-bond donors (Lipinski definition) is 1. The zero-order valence-corrected chi connectivity index (χ0v) is 12.5. The van der Waals surface area contributed by atoms with E-state index in [9.17, 15) is 13.6 Å². The molecule has 0 bridgehead atoms.